The second kappa shape index (κ2) is 19.1. The zero-order valence-corrected chi connectivity index (χ0v) is 34.9. The smallest absolute Gasteiger partial charge is 0.331 e. The van der Waals surface area contributed by atoms with Gasteiger partial charge in [-0.3, -0.25) is 9.59 Å². The Kier molecular flexibility index (Phi) is 15.7. The van der Waals surface area contributed by atoms with E-state index in [0.717, 1.165) is 49.7 Å². The van der Waals surface area contributed by atoms with E-state index in [-0.39, 0.29) is 46.1 Å². The van der Waals surface area contributed by atoms with Gasteiger partial charge in [0.05, 0.1) is 6.10 Å². The van der Waals surface area contributed by atoms with Gasteiger partial charge >= 0.3 is 17.9 Å². The maximum Gasteiger partial charge on any atom is 0.331 e. The zero-order chi connectivity index (χ0) is 39.0. The highest BCUT2D eigenvalue weighted by molar-refractivity contribution is 5.88. The van der Waals surface area contributed by atoms with E-state index in [1.807, 2.05) is 13.8 Å². The molecule has 0 aromatic rings. The normalized spacial score (nSPS) is 35.8. The monoisotopic (exact) mass is 741 g/mol. The van der Waals surface area contributed by atoms with Gasteiger partial charge in [-0.25, -0.2) is 4.79 Å². The summed E-state index contributed by atoms with van der Waals surface area (Å²) in [5.74, 6) is -1.09. The van der Waals surface area contributed by atoms with Gasteiger partial charge in [0.2, 0.25) is 0 Å². The number of carboxylic acids is 1. The Morgan fingerprint density at radius 2 is 1.42 bits per heavy atom. The van der Waals surface area contributed by atoms with Gasteiger partial charge in [-0.2, -0.15) is 0 Å². The summed E-state index contributed by atoms with van der Waals surface area (Å²) in [5, 5.41) is 22.8. The van der Waals surface area contributed by atoms with Crippen molar-refractivity contribution in [3.8, 4) is 0 Å². The number of rotatable bonds is 19. The summed E-state index contributed by atoms with van der Waals surface area (Å²) >= 11 is 0. The van der Waals surface area contributed by atoms with Crippen molar-refractivity contribution < 1.29 is 34.1 Å². The van der Waals surface area contributed by atoms with Crippen molar-refractivity contribution in [1.82, 2.24) is 0 Å². The second-order valence-corrected chi connectivity index (χ2v) is 18.7. The van der Waals surface area contributed by atoms with Crippen LogP contribution >= 0.6 is 0 Å². The first-order chi connectivity index (χ1) is 25.1. The van der Waals surface area contributed by atoms with Gasteiger partial charge in [-0.1, -0.05) is 117 Å². The van der Waals surface area contributed by atoms with E-state index < -0.39 is 24.1 Å². The number of hydrogen-bond acceptors (Lipinski definition) is 6. The average Bonchev–Trinajstić information content (AvgIpc) is 3.35. The molecule has 0 aliphatic heterocycles. The predicted molar refractivity (Wildman–Crippen MR) is 212 cm³/mol. The van der Waals surface area contributed by atoms with Crippen LogP contribution in [0.1, 0.15) is 190 Å². The average molecular weight is 741 g/mol. The lowest BCUT2D eigenvalue weighted by molar-refractivity contribution is -0.236. The fourth-order valence-corrected chi connectivity index (χ4v) is 12.3. The van der Waals surface area contributed by atoms with Crippen LogP contribution in [0.15, 0.2) is 22.8 Å². The Morgan fingerprint density at radius 1 is 0.811 bits per heavy atom. The minimum atomic E-state index is -0.957. The van der Waals surface area contributed by atoms with E-state index in [2.05, 4.69) is 40.7 Å². The van der Waals surface area contributed by atoms with Crippen molar-refractivity contribution in [2.75, 3.05) is 0 Å². The third kappa shape index (κ3) is 9.81. The van der Waals surface area contributed by atoms with Crippen molar-refractivity contribution in [3.05, 3.63) is 22.8 Å². The van der Waals surface area contributed by atoms with E-state index in [0.29, 0.717) is 43.6 Å². The summed E-state index contributed by atoms with van der Waals surface area (Å²) in [6.45, 7) is 16.9. The highest BCUT2D eigenvalue weighted by Crippen LogP contribution is 2.74. The number of fused-ring (bicyclic) bond motifs is 5. The maximum atomic E-state index is 13.1. The third-order valence-corrected chi connectivity index (χ3v) is 15.1. The minimum Gasteiger partial charge on any atom is -0.478 e. The molecule has 4 rings (SSSR count). The molecular weight excluding hydrogens is 664 g/mol. The molecule has 0 radical (unpaired) electrons. The lowest BCUT2D eigenvalue weighted by Crippen LogP contribution is -2.65. The van der Waals surface area contributed by atoms with Crippen molar-refractivity contribution in [2.45, 2.75) is 209 Å². The fraction of sp³-hybridized carbons (Fsp3) is 0.848. The lowest BCUT2D eigenvalue weighted by atomic mass is 9.36. The molecule has 0 heterocycles. The fourth-order valence-electron chi connectivity index (χ4n) is 12.3. The number of aliphatic hydroxyl groups is 1. The number of carbonyl (C=O) groups is 3. The van der Waals surface area contributed by atoms with Gasteiger partial charge in [-0.15, -0.1) is 0 Å². The lowest BCUT2D eigenvalue weighted by Gasteiger charge is -2.69. The number of carbonyl (C=O) groups excluding carboxylic acids is 2. The van der Waals surface area contributed by atoms with Gasteiger partial charge in [0, 0.05) is 18.9 Å². The van der Waals surface area contributed by atoms with Crippen LogP contribution in [-0.2, 0) is 23.9 Å². The molecule has 4 fully saturated rings. The molecule has 2 N–H and O–H groups in total. The molecule has 7 heteroatoms. The Morgan fingerprint density at radius 3 is 1.98 bits per heavy atom. The summed E-state index contributed by atoms with van der Waals surface area (Å²) in [5.41, 5.74) is 1.41. The van der Waals surface area contributed by atoms with Crippen LogP contribution in [0, 0.1) is 39.9 Å². The van der Waals surface area contributed by atoms with Gasteiger partial charge in [0.1, 0.15) is 12.2 Å². The quantitative estimate of drug-likeness (QED) is 0.0587. The molecule has 4 aliphatic carbocycles. The number of carboxylic acid groups (broad SMARTS) is 1. The first-order valence-corrected chi connectivity index (χ1v) is 21.7. The minimum absolute atomic E-state index is 0.00596. The van der Waals surface area contributed by atoms with Crippen LogP contribution in [0.4, 0.5) is 0 Å². The van der Waals surface area contributed by atoms with Gasteiger partial charge in [-0.05, 0) is 117 Å². The van der Waals surface area contributed by atoms with Crippen molar-refractivity contribution in [1.29, 1.82) is 0 Å². The summed E-state index contributed by atoms with van der Waals surface area (Å²) in [4.78, 5) is 38.4. The number of aliphatic carboxylic acids is 1. The van der Waals surface area contributed by atoms with Gasteiger partial charge in [0.15, 0.2) is 0 Å². The summed E-state index contributed by atoms with van der Waals surface area (Å²) in [6, 6.07) is 0. The number of allylic oxidation sites excluding steroid dienone is 2. The molecule has 0 aromatic heterocycles. The molecule has 0 amide bonds. The van der Waals surface area contributed by atoms with Gasteiger partial charge in [0.25, 0.3) is 0 Å². The molecule has 4 aliphatic rings. The SMILES string of the molecule is CCCCCCCCCCCCCCC(=O)O[C@@H]1CC[C@@]2(C)[C@@H](CC[C@@]3(C)[C@H]2[C@H](O)C[C@H]2/C(=C(\CCC=C(C)C)C(=O)O)[C@@H](OC(C)=O)C[C@@]23C)[C@@H]1C. The number of unbranched alkanes of at least 4 members (excludes halogenated alkanes) is 11. The Labute approximate surface area is 322 Å². The van der Waals surface area contributed by atoms with Crippen LogP contribution in [0.2, 0.25) is 0 Å². The van der Waals surface area contributed by atoms with Crippen LogP contribution in [-0.4, -0.2) is 46.4 Å². The van der Waals surface area contributed by atoms with E-state index in [1.54, 1.807) is 0 Å². The largest absolute Gasteiger partial charge is 0.478 e. The molecule has 4 saturated carbocycles. The second-order valence-electron chi connectivity index (χ2n) is 18.7. The number of ether oxygens (including phenoxy) is 2. The van der Waals surface area contributed by atoms with Crippen molar-refractivity contribution >= 4 is 17.9 Å². The molecule has 0 spiro atoms. The standard InChI is InChI=1S/C46H76O7/c1-9-10-11-12-13-14-15-16-17-18-19-20-24-40(49)53-38-26-27-44(6)35(32(38)4)25-28-45(7)42(44)37(48)29-36-41(34(43(50)51)23-21-22-31(2)3)39(52-33(5)47)30-46(36,45)8/h22,32,35-39,42,48H,9-21,23-30H2,1-8H3,(H,50,51)/b41-34-/t32-,35-,36-,37+,38+,39-,42-,44-,45-,46-/m0/s1. The summed E-state index contributed by atoms with van der Waals surface area (Å²) in [6.07, 6.45) is 22.0. The van der Waals surface area contributed by atoms with E-state index in [9.17, 15) is 24.6 Å². The highest BCUT2D eigenvalue weighted by atomic mass is 16.5. The van der Waals surface area contributed by atoms with Crippen LogP contribution in [0.3, 0.4) is 0 Å². The van der Waals surface area contributed by atoms with Crippen LogP contribution in [0.25, 0.3) is 0 Å². The molecular formula is C46H76O7. The Balaban J connectivity index is 1.40. The first kappa shape index (κ1) is 43.6. The molecule has 10 atom stereocenters. The zero-order valence-electron chi connectivity index (χ0n) is 34.9. The first-order valence-electron chi connectivity index (χ1n) is 21.7. The van der Waals surface area contributed by atoms with E-state index >= 15 is 0 Å². The van der Waals surface area contributed by atoms with Crippen molar-refractivity contribution in [2.24, 2.45) is 39.9 Å². The van der Waals surface area contributed by atoms with E-state index in [4.69, 9.17) is 9.47 Å². The topological polar surface area (TPSA) is 110 Å². The summed E-state index contributed by atoms with van der Waals surface area (Å²) in [7, 11) is 0. The van der Waals surface area contributed by atoms with Crippen LogP contribution < -0.4 is 0 Å². The number of aliphatic hydroxyl groups excluding tert-OH is 1. The Bertz CT molecular complexity index is 1310. The highest BCUT2D eigenvalue weighted by Gasteiger charge is 2.71. The van der Waals surface area contributed by atoms with Gasteiger partial charge < -0.3 is 19.7 Å². The number of esters is 2. The van der Waals surface area contributed by atoms with Crippen molar-refractivity contribution in [3.63, 3.8) is 0 Å². The van der Waals surface area contributed by atoms with E-state index in [1.165, 1.54) is 71.1 Å². The molecule has 0 saturated heterocycles. The molecule has 53 heavy (non-hydrogen) atoms. The molecule has 7 nitrogen and oxygen atoms in total. The van der Waals surface area contributed by atoms with Crippen LogP contribution in [0.5, 0.6) is 0 Å². The maximum absolute atomic E-state index is 13.1. The predicted octanol–water partition coefficient (Wildman–Crippen LogP) is 11.3. The number of hydrogen-bond donors (Lipinski definition) is 2. The molecule has 0 bridgehead atoms. The molecule has 0 unspecified atom stereocenters. The molecule has 0 aromatic carbocycles. The Hall–Kier alpha value is -2.15. The third-order valence-electron chi connectivity index (χ3n) is 15.1. The molecule has 302 valence electrons. The summed E-state index contributed by atoms with van der Waals surface area (Å²) < 4.78 is 12.2.